The van der Waals surface area contributed by atoms with Crippen LogP contribution in [0.25, 0.3) is 10.9 Å². The summed E-state index contributed by atoms with van der Waals surface area (Å²) in [5, 5.41) is 5.66. The third kappa shape index (κ3) is 1.79. The van der Waals surface area contributed by atoms with Gasteiger partial charge in [-0.05, 0) is 40.4 Å². The number of rotatable bonds is 2. The number of nitrogens with zero attached hydrogens (tertiary/aromatic N) is 3. The van der Waals surface area contributed by atoms with Gasteiger partial charge < -0.3 is 0 Å². The Kier molecular flexibility index (Phi) is 3.25. The van der Waals surface area contributed by atoms with Gasteiger partial charge >= 0.3 is 0 Å². The van der Waals surface area contributed by atoms with Crippen LogP contribution in [0.3, 0.4) is 0 Å². The van der Waals surface area contributed by atoms with Gasteiger partial charge in [-0.2, -0.15) is 17.7 Å². The standard InChI is InChI=1S/C15H20BN3S2/c1-8-9(2)12-10(13(20)11(8)16)6-17-19(12)14(3)7-15(14,21)18(4)5/h6,20-21H,7H2,1-5H3. The first-order valence-electron chi connectivity index (χ1n) is 7.01. The van der Waals surface area contributed by atoms with E-state index >= 15 is 0 Å². The van der Waals surface area contributed by atoms with E-state index in [9.17, 15) is 0 Å². The molecule has 2 aromatic rings. The van der Waals surface area contributed by atoms with E-state index in [-0.39, 0.29) is 10.4 Å². The molecular weight excluding hydrogens is 297 g/mol. The molecule has 0 spiro atoms. The molecule has 110 valence electrons. The first kappa shape index (κ1) is 15.3. The van der Waals surface area contributed by atoms with Crippen LogP contribution in [0, 0.1) is 13.8 Å². The van der Waals surface area contributed by atoms with Crippen LogP contribution in [-0.2, 0) is 5.54 Å². The average molecular weight is 317 g/mol. The lowest BCUT2D eigenvalue weighted by Crippen LogP contribution is -2.35. The van der Waals surface area contributed by atoms with Gasteiger partial charge in [0, 0.05) is 16.7 Å². The highest BCUT2D eigenvalue weighted by atomic mass is 32.1. The fourth-order valence-corrected chi connectivity index (χ4v) is 4.01. The van der Waals surface area contributed by atoms with Gasteiger partial charge in [0.1, 0.15) is 7.85 Å². The number of likely N-dealkylation sites (N-methyl/N-ethyl adjacent to an activating group) is 1. The van der Waals surface area contributed by atoms with E-state index in [1.807, 2.05) is 13.1 Å². The average Bonchev–Trinajstić information content (AvgIpc) is 2.83. The van der Waals surface area contributed by atoms with Crippen LogP contribution in [0.5, 0.6) is 0 Å². The van der Waals surface area contributed by atoms with Crippen molar-refractivity contribution in [2.75, 3.05) is 14.1 Å². The van der Waals surface area contributed by atoms with Crippen molar-refractivity contribution in [1.29, 1.82) is 0 Å². The first-order chi connectivity index (χ1) is 9.65. The second-order valence-electron chi connectivity index (χ2n) is 6.49. The summed E-state index contributed by atoms with van der Waals surface area (Å²) in [6.07, 6.45) is 2.82. The fraction of sp³-hybridized carbons (Fsp3) is 0.533. The second-order valence-corrected chi connectivity index (χ2v) is 7.68. The molecule has 2 atom stereocenters. The largest absolute Gasteiger partial charge is 0.293 e. The minimum Gasteiger partial charge on any atom is -0.293 e. The third-order valence-corrected chi connectivity index (χ3v) is 6.66. The molecule has 0 N–H and O–H groups in total. The van der Waals surface area contributed by atoms with E-state index in [0.29, 0.717) is 0 Å². The fourth-order valence-electron chi connectivity index (χ4n) is 3.28. The topological polar surface area (TPSA) is 21.1 Å². The summed E-state index contributed by atoms with van der Waals surface area (Å²) >= 11 is 9.47. The summed E-state index contributed by atoms with van der Waals surface area (Å²) in [6, 6.07) is 0. The zero-order chi connectivity index (χ0) is 15.7. The van der Waals surface area contributed by atoms with Gasteiger partial charge in [0.25, 0.3) is 0 Å². The lowest BCUT2D eigenvalue weighted by atomic mass is 9.87. The van der Waals surface area contributed by atoms with Crippen molar-refractivity contribution in [3.05, 3.63) is 17.3 Å². The summed E-state index contributed by atoms with van der Waals surface area (Å²) in [5.41, 5.74) is 3.98. The van der Waals surface area contributed by atoms with E-state index < -0.39 is 0 Å². The molecule has 0 amide bonds. The smallest absolute Gasteiger partial charge is 0.115 e. The number of hydrogen-bond donors (Lipinski definition) is 2. The van der Waals surface area contributed by atoms with Crippen LogP contribution in [0.1, 0.15) is 24.5 Å². The number of thiol groups is 2. The molecule has 1 aliphatic rings. The van der Waals surface area contributed by atoms with E-state index in [2.05, 4.69) is 55.3 Å². The second kappa shape index (κ2) is 4.46. The van der Waals surface area contributed by atoms with Crippen molar-refractivity contribution in [2.24, 2.45) is 0 Å². The number of fused-ring (bicyclic) bond motifs is 1. The highest BCUT2D eigenvalue weighted by molar-refractivity contribution is 7.82. The maximum atomic E-state index is 6.15. The Morgan fingerprint density at radius 1 is 1.33 bits per heavy atom. The molecule has 3 rings (SSSR count). The highest BCUT2D eigenvalue weighted by Gasteiger charge is 2.66. The molecule has 2 radical (unpaired) electrons. The Morgan fingerprint density at radius 3 is 2.48 bits per heavy atom. The van der Waals surface area contributed by atoms with Gasteiger partial charge in [-0.25, -0.2) is 0 Å². The SMILES string of the molecule is [B]c1c(C)c(C)c2c(cnn2C2(C)CC2(S)N(C)C)c1S. The van der Waals surface area contributed by atoms with Crippen LogP contribution in [0.15, 0.2) is 11.1 Å². The quantitative estimate of drug-likeness (QED) is 0.502. The Morgan fingerprint density at radius 2 is 1.95 bits per heavy atom. The number of benzene rings is 1. The zero-order valence-corrected chi connectivity index (χ0v) is 14.9. The Bertz CT molecular complexity index is 755. The van der Waals surface area contributed by atoms with Crippen LogP contribution in [0.4, 0.5) is 0 Å². The molecule has 1 heterocycles. The molecule has 0 aliphatic heterocycles. The van der Waals surface area contributed by atoms with Crippen molar-refractivity contribution < 1.29 is 0 Å². The van der Waals surface area contributed by atoms with E-state index in [0.717, 1.165) is 33.2 Å². The lowest BCUT2D eigenvalue weighted by molar-refractivity contribution is 0.296. The summed E-state index contributed by atoms with van der Waals surface area (Å²) in [5.74, 6) is 0. The number of aromatic nitrogens is 2. The summed E-state index contributed by atoms with van der Waals surface area (Å²) in [7, 11) is 10.3. The van der Waals surface area contributed by atoms with Crippen molar-refractivity contribution in [3.8, 4) is 0 Å². The summed E-state index contributed by atoms with van der Waals surface area (Å²) < 4.78 is 2.11. The van der Waals surface area contributed by atoms with Crippen LogP contribution < -0.4 is 5.46 Å². The van der Waals surface area contributed by atoms with Gasteiger partial charge in [-0.1, -0.05) is 11.0 Å². The van der Waals surface area contributed by atoms with Crippen LogP contribution in [-0.4, -0.2) is 41.5 Å². The molecule has 21 heavy (non-hydrogen) atoms. The van der Waals surface area contributed by atoms with Crippen LogP contribution in [0.2, 0.25) is 0 Å². The predicted octanol–water partition coefficient (Wildman–Crippen LogP) is 2.04. The predicted molar refractivity (Wildman–Crippen MR) is 95.5 cm³/mol. The molecule has 1 fully saturated rings. The zero-order valence-electron chi connectivity index (χ0n) is 13.1. The van der Waals surface area contributed by atoms with Gasteiger partial charge in [0.05, 0.1) is 22.1 Å². The van der Waals surface area contributed by atoms with Gasteiger partial charge in [0.2, 0.25) is 0 Å². The van der Waals surface area contributed by atoms with Crippen molar-refractivity contribution in [1.82, 2.24) is 14.7 Å². The summed E-state index contributed by atoms with van der Waals surface area (Å²) in [6.45, 7) is 6.34. The van der Waals surface area contributed by atoms with E-state index in [1.165, 1.54) is 5.56 Å². The molecule has 1 aromatic heterocycles. The third-order valence-electron chi connectivity index (χ3n) is 5.14. The normalized spacial score (nSPS) is 28.6. The van der Waals surface area contributed by atoms with E-state index in [1.54, 1.807) is 0 Å². The number of hydrogen-bond acceptors (Lipinski definition) is 4. The first-order valence-corrected chi connectivity index (χ1v) is 7.90. The molecule has 3 nitrogen and oxygen atoms in total. The molecule has 0 bridgehead atoms. The molecule has 1 aliphatic carbocycles. The Labute approximate surface area is 138 Å². The Hall–Kier alpha value is -0.585. The van der Waals surface area contributed by atoms with E-state index in [4.69, 9.17) is 20.5 Å². The molecular formula is C15H20BN3S2. The van der Waals surface area contributed by atoms with Crippen LogP contribution >= 0.6 is 25.3 Å². The molecule has 1 aromatic carbocycles. The highest BCUT2D eigenvalue weighted by Crippen LogP contribution is 2.60. The molecule has 2 unspecified atom stereocenters. The molecule has 0 saturated heterocycles. The number of aryl methyl sites for hydroxylation is 1. The van der Waals surface area contributed by atoms with Crippen molar-refractivity contribution in [2.45, 2.75) is 42.5 Å². The minimum atomic E-state index is -0.176. The van der Waals surface area contributed by atoms with Crippen molar-refractivity contribution in [3.63, 3.8) is 0 Å². The maximum Gasteiger partial charge on any atom is 0.115 e. The van der Waals surface area contributed by atoms with Crippen molar-refractivity contribution >= 4 is 49.5 Å². The van der Waals surface area contributed by atoms with Gasteiger partial charge in [-0.3, -0.25) is 9.58 Å². The molecule has 6 heteroatoms. The molecule has 1 saturated carbocycles. The maximum absolute atomic E-state index is 6.15. The Balaban J connectivity index is 2.29. The van der Waals surface area contributed by atoms with Gasteiger partial charge in [0.15, 0.2) is 0 Å². The minimum absolute atomic E-state index is 0.130. The summed E-state index contributed by atoms with van der Waals surface area (Å²) in [4.78, 5) is 2.80. The lowest BCUT2D eigenvalue weighted by Gasteiger charge is -2.26. The monoisotopic (exact) mass is 317 g/mol. The van der Waals surface area contributed by atoms with Gasteiger partial charge in [-0.15, -0.1) is 12.6 Å².